The van der Waals surface area contributed by atoms with E-state index in [1.165, 1.54) is 11.3 Å². The standard InChI is InChI=1S/C27H36N2O5/c1-3-34-27(33)22-17(2)14-15-20-23(22)26(32)29(21(16-30)18-10-6-4-7-11-18)24(20)25(31)28-19-12-8-5-9-13-19/h4,6-7,10-11,14-15,17,19-24,30H,3,5,8-9,12-13,16H2,1-2H3,(H,28,31)/t17-,20+,21-,22-,23+,24+/m1/s1. The Hall–Kier alpha value is -2.67. The van der Waals surface area contributed by atoms with E-state index in [9.17, 15) is 19.5 Å². The molecule has 34 heavy (non-hydrogen) atoms. The molecular formula is C27H36N2O5. The molecule has 1 aromatic rings. The number of esters is 1. The van der Waals surface area contributed by atoms with E-state index in [1.54, 1.807) is 6.92 Å². The van der Waals surface area contributed by atoms with Crippen molar-refractivity contribution in [2.45, 2.75) is 64.1 Å². The molecule has 184 valence electrons. The number of hydrogen-bond acceptors (Lipinski definition) is 5. The van der Waals surface area contributed by atoms with Gasteiger partial charge in [0, 0.05) is 12.0 Å². The Bertz CT molecular complexity index is 911. The van der Waals surface area contributed by atoms with Gasteiger partial charge in [0.05, 0.1) is 31.1 Å². The molecule has 7 heteroatoms. The molecule has 2 amide bonds. The van der Waals surface area contributed by atoms with Crippen LogP contribution in [0.25, 0.3) is 0 Å². The van der Waals surface area contributed by atoms with Crippen LogP contribution >= 0.6 is 0 Å². The van der Waals surface area contributed by atoms with Crippen molar-refractivity contribution in [2.75, 3.05) is 13.2 Å². The van der Waals surface area contributed by atoms with E-state index in [0.29, 0.717) is 0 Å². The summed E-state index contributed by atoms with van der Waals surface area (Å²) in [6.45, 7) is 3.57. The van der Waals surface area contributed by atoms with Crippen LogP contribution in [0.4, 0.5) is 0 Å². The Morgan fingerprint density at radius 3 is 2.50 bits per heavy atom. The van der Waals surface area contributed by atoms with Gasteiger partial charge >= 0.3 is 5.97 Å². The molecule has 0 unspecified atom stereocenters. The molecule has 4 rings (SSSR count). The lowest BCUT2D eigenvalue weighted by molar-refractivity contribution is -0.155. The zero-order valence-corrected chi connectivity index (χ0v) is 20.1. The molecule has 0 aromatic heterocycles. The summed E-state index contributed by atoms with van der Waals surface area (Å²) in [6.07, 6.45) is 9.05. The van der Waals surface area contributed by atoms with E-state index in [0.717, 1.165) is 31.2 Å². The maximum Gasteiger partial charge on any atom is 0.310 e. The summed E-state index contributed by atoms with van der Waals surface area (Å²) in [4.78, 5) is 42.2. The molecular weight excluding hydrogens is 432 g/mol. The van der Waals surface area contributed by atoms with Gasteiger partial charge in [0.15, 0.2) is 0 Å². The molecule has 0 radical (unpaired) electrons. The molecule has 6 atom stereocenters. The number of likely N-dealkylation sites (tertiary alicyclic amines) is 1. The van der Waals surface area contributed by atoms with Crippen LogP contribution in [-0.2, 0) is 19.1 Å². The average molecular weight is 469 g/mol. The number of hydrogen-bond donors (Lipinski definition) is 2. The van der Waals surface area contributed by atoms with Gasteiger partial charge in [-0.3, -0.25) is 14.4 Å². The third-order valence-electron chi connectivity index (χ3n) is 7.68. The van der Waals surface area contributed by atoms with Gasteiger partial charge in [0.1, 0.15) is 6.04 Å². The number of nitrogens with one attached hydrogen (secondary N) is 1. The topological polar surface area (TPSA) is 95.9 Å². The number of carbonyl (C=O) groups excluding carboxylic acids is 3. The fraction of sp³-hybridized carbons (Fsp3) is 0.593. The van der Waals surface area contributed by atoms with Crippen molar-refractivity contribution >= 4 is 17.8 Å². The first-order valence-corrected chi connectivity index (χ1v) is 12.6. The van der Waals surface area contributed by atoms with E-state index in [1.807, 2.05) is 49.4 Å². The first kappa shape index (κ1) is 24.5. The van der Waals surface area contributed by atoms with Gasteiger partial charge < -0.3 is 20.1 Å². The minimum Gasteiger partial charge on any atom is -0.466 e. The molecule has 0 spiro atoms. The molecule has 2 aliphatic carbocycles. The number of benzene rings is 1. The van der Waals surface area contributed by atoms with E-state index < -0.39 is 35.8 Å². The predicted molar refractivity (Wildman–Crippen MR) is 127 cm³/mol. The molecule has 1 heterocycles. The summed E-state index contributed by atoms with van der Waals surface area (Å²) in [5.41, 5.74) is 0.761. The zero-order chi connectivity index (χ0) is 24.2. The Kier molecular flexibility index (Phi) is 7.71. The fourth-order valence-electron chi connectivity index (χ4n) is 6.03. The lowest BCUT2D eigenvalue weighted by Crippen LogP contribution is -2.51. The molecule has 0 bridgehead atoms. The Balaban J connectivity index is 1.72. The van der Waals surface area contributed by atoms with E-state index >= 15 is 0 Å². The zero-order valence-electron chi connectivity index (χ0n) is 20.1. The molecule has 2 fully saturated rings. The lowest BCUT2D eigenvalue weighted by Gasteiger charge is -2.35. The molecule has 1 aliphatic heterocycles. The summed E-state index contributed by atoms with van der Waals surface area (Å²) < 4.78 is 5.34. The first-order valence-electron chi connectivity index (χ1n) is 12.6. The van der Waals surface area contributed by atoms with Gasteiger partial charge in [-0.25, -0.2) is 0 Å². The van der Waals surface area contributed by atoms with Gasteiger partial charge in [-0.1, -0.05) is 68.7 Å². The summed E-state index contributed by atoms with van der Waals surface area (Å²) in [7, 11) is 0. The molecule has 7 nitrogen and oxygen atoms in total. The predicted octanol–water partition coefficient (Wildman–Crippen LogP) is 3.00. The maximum absolute atomic E-state index is 14.0. The number of fused-ring (bicyclic) bond motifs is 1. The highest BCUT2D eigenvalue weighted by atomic mass is 16.5. The van der Waals surface area contributed by atoms with Gasteiger partial charge in [0.25, 0.3) is 0 Å². The van der Waals surface area contributed by atoms with Crippen molar-refractivity contribution in [2.24, 2.45) is 23.7 Å². The lowest BCUT2D eigenvalue weighted by atomic mass is 9.70. The second-order valence-electron chi connectivity index (χ2n) is 9.77. The Labute approximate surface area is 201 Å². The van der Waals surface area contributed by atoms with E-state index in [2.05, 4.69) is 5.32 Å². The van der Waals surface area contributed by atoms with Crippen molar-refractivity contribution in [3.63, 3.8) is 0 Å². The number of nitrogens with zero attached hydrogens (tertiary/aromatic N) is 1. The van der Waals surface area contributed by atoms with Gasteiger partial charge in [-0.2, -0.15) is 0 Å². The summed E-state index contributed by atoms with van der Waals surface area (Å²) in [5, 5.41) is 13.6. The van der Waals surface area contributed by atoms with Crippen molar-refractivity contribution < 1.29 is 24.2 Å². The number of rotatable bonds is 7. The number of carbonyl (C=O) groups is 3. The minimum atomic E-state index is -0.794. The highest BCUT2D eigenvalue weighted by Gasteiger charge is 2.58. The van der Waals surface area contributed by atoms with Gasteiger partial charge in [0.2, 0.25) is 11.8 Å². The van der Waals surface area contributed by atoms with Crippen LogP contribution in [0.15, 0.2) is 42.5 Å². The quantitative estimate of drug-likeness (QED) is 0.474. The summed E-state index contributed by atoms with van der Waals surface area (Å²) in [6, 6.07) is 7.91. The first-order chi connectivity index (χ1) is 16.5. The molecule has 3 aliphatic rings. The SMILES string of the molecule is CCOC(=O)[C@H]1[C@H]2C(=O)N([C@H](CO)c3ccccc3)[C@H](C(=O)NC3CCCCC3)[C@H]2C=C[C@H]1C. The van der Waals surface area contributed by atoms with Crippen LogP contribution in [0.3, 0.4) is 0 Å². The monoisotopic (exact) mass is 468 g/mol. The van der Waals surface area contributed by atoms with E-state index in [4.69, 9.17) is 4.74 Å². The maximum atomic E-state index is 14.0. The second kappa shape index (κ2) is 10.7. The van der Waals surface area contributed by atoms with Crippen LogP contribution in [0.5, 0.6) is 0 Å². The number of ether oxygens (including phenoxy) is 1. The van der Waals surface area contributed by atoms with Crippen LogP contribution in [0, 0.1) is 23.7 Å². The molecule has 2 N–H and O–H groups in total. The van der Waals surface area contributed by atoms with Gasteiger partial charge in [-0.05, 0) is 31.2 Å². The largest absolute Gasteiger partial charge is 0.466 e. The number of aliphatic hydroxyl groups excluding tert-OH is 1. The third kappa shape index (κ3) is 4.63. The Morgan fingerprint density at radius 1 is 1.15 bits per heavy atom. The Morgan fingerprint density at radius 2 is 1.85 bits per heavy atom. The van der Waals surface area contributed by atoms with Crippen molar-refractivity contribution in [3.8, 4) is 0 Å². The van der Waals surface area contributed by atoms with Crippen LogP contribution in [-0.4, -0.2) is 53.1 Å². The highest BCUT2D eigenvalue weighted by molar-refractivity contribution is 5.96. The van der Waals surface area contributed by atoms with Crippen molar-refractivity contribution in [3.05, 3.63) is 48.0 Å². The second-order valence-corrected chi connectivity index (χ2v) is 9.77. The van der Waals surface area contributed by atoms with Crippen LogP contribution in [0.2, 0.25) is 0 Å². The minimum absolute atomic E-state index is 0.0916. The normalized spacial score (nSPS) is 30.0. The summed E-state index contributed by atoms with van der Waals surface area (Å²) >= 11 is 0. The molecule has 1 saturated carbocycles. The average Bonchev–Trinajstić information content (AvgIpc) is 3.13. The molecule has 1 saturated heterocycles. The van der Waals surface area contributed by atoms with Crippen molar-refractivity contribution in [1.82, 2.24) is 10.2 Å². The van der Waals surface area contributed by atoms with Gasteiger partial charge in [-0.15, -0.1) is 0 Å². The highest BCUT2D eigenvalue weighted by Crippen LogP contribution is 2.47. The third-order valence-corrected chi connectivity index (χ3v) is 7.68. The van der Waals surface area contributed by atoms with Crippen molar-refractivity contribution in [1.29, 1.82) is 0 Å². The van der Waals surface area contributed by atoms with Crippen LogP contribution < -0.4 is 5.32 Å². The van der Waals surface area contributed by atoms with E-state index in [-0.39, 0.29) is 37.0 Å². The van der Waals surface area contributed by atoms with Crippen LogP contribution in [0.1, 0.15) is 57.6 Å². The number of amides is 2. The smallest absolute Gasteiger partial charge is 0.310 e. The fourth-order valence-corrected chi connectivity index (χ4v) is 6.03. The number of allylic oxidation sites excluding steroid dienone is 1. The summed E-state index contributed by atoms with van der Waals surface area (Å²) in [5.74, 6) is -2.88. The molecule has 1 aromatic carbocycles. The number of aliphatic hydroxyl groups is 1.